The summed E-state index contributed by atoms with van der Waals surface area (Å²) in [5, 5.41) is 11.6. The normalized spacial score (nSPS) is 16.3. The van der Waals surface area contributed by atoms with Gasteiger partial charge in [0, 0.05) is 6.04 Å². The minimum atomic E-state index is -0.904. The Balaban J connectivity index is 1.83. The number of nitrogens with zero attached hydrogens (tertiary/aromatic N) is 1. The zero-order chi connectivity index (χ0) is 13.8. The Morgan fingerprint density at radius 3 is 2.79 bits per heavy atom. The molecule has 6 nitrogen and oxygen atoms in total. The number of nitrogens with one attached hydrogen (secondary N) is 1. The predicted octanol–water partition coefficient (Wildman–Crippen LogP) is 1.01. The lowest BCUT2D eigenvalue weighted by atomic mass is 10.2. The van der Waals surface area contributed by atoms with Crippen LogP contribution in [0, 0.1) is 0 Å². The third kappa shape index (κ3) is 4.10. The first-order chi connectivity index (χ1) is 9.06. The summed E-state index contributed by atoms with van der Waals surface area (Å²) in [4.78, 5) is 24.3. The van der Waals surface area contributed by atoms with Gasteiger partial charge in [0.2, 0.25) is 5.91 Å². The van der Waals surface area contributed by atoms with Gasteiger partial charge in [-0.3, -0.25) is 14.5 Å². The first kappa shape index (κ1) is 13.6. The Kier molecular flexibility index (Phi) is 4.21. The number of rotatable bonds is 7. The van der Waals surface area contributed by atoms with Gasteiger partial charge in [-0.15, -0.1) is 0 Å². The fraction of sp³-hybridized carbons (Fsp3) is 0.538. The van der Waals surface area contributed by atoms with E-state index in [0.29, 0.717) is 5.76 Å². The number of hydrogen-bond acceptors (Lipinski definition) is 4. The van der Waals surface area contributed by atoms with Crippen LogP contribution in [0.5, 0.6) is 0 Å². The lowest BCUT2D eigenvalue weighted by molar-refractivity contribution is -0.139. The van der Waals surface area contributed by atoms with Crippen LogP contribution in [-0.4, -0.2) is 41.0 Å². The number of hydrogen-bond donors (Lipinski definition) is 2. The SMILES string of the molecule is CC(NC(=O)CN(CC(=O)O)C1CC1)c1ccco1. The highest BCUT2D eigenvalue weighted by atomic mass is 16.4. The van der Waals surface area contributed by atoms with Gasteiger partial charge in [-0.2, -0.15) is 0 Å². The Bertz CT molecular complexity index is 440. The predicted molar refractivity (Wildman–Crippen MR) is 67.5 cm³/mol. The minimum Gasteiger partial charge on any atom is -0.480 e. The third-order valence-electron chi connectivity index (χ3n) is 3.10. The van der Waals surface area contributed by atoms with Crippen molar-refractivity contribution in [1.82, 2.24) is 10.2 Å². The van der Waals surface area contributed by atoms with Crippen molar-refractivity contribution in [3.8, 4) is 0 Å². The largest absolute Gasteiger partial charge is 0.480 e. The van der Waals surface area contributed by atoms with Gasteiger partial charge in [0.15, 0.2) is 0 Å². The van der Waals surface area contributed by atoms with E-state index in [0.717, 1.165) is 12.8 Å². The Morgan fingerprint density at radius 2 is 2.26 bits per heavy atom. The molecule has 1 saturated carbocycles. The second-order valence-electron chi connectivity index (χ2n) is 4.83. The molecule has 2 N–H and O–H groups in total. The smallest absolute Gasteiger partial charge is 0.317 e. The van der Waals surface area contributed by atoms with Crippen molar-refractivity contribution in [3.63, 3.8) is 0 Å². The van der Waals surface area contributed by atoms with Gasteiger partial charge < -0.3 is 14.8 Å². The lowest BCUT2D eigenvalue weighted by Gasteiger charge is -2.20. The van der Waals surface area contributed by atoms with E-state index >= 15 is 0 Å². The summed E-state index contributed by atoms with van der Waals surface area (Å²) in [5.41, 5.74) is 0. The van der Waals surface area contributed by atoms with Crippen LogP contribution in [0.3, 0.4) is 0 Å². The van der Waals surface area contributed by atoms with Crippen LogP contribution in [-0.2, 0) is 9.59 Å². The van der Waals surface area contributed by atoms with Crippen molar-refractivity contribution in [2.24, 2.45) is 0 Å². The molecule has 1 aliphatic carbocycles. The van der Waals surface area contributed by atoms with Gasteiger partial charge in [0.1, 0.15) is 5.76 Å². The molecular weight excluding hydrogens is 248 g/mol. The van der Waals surface area contributed by atoms with Gasteiger partial charge in [-0.05, 0) is 31.9 Å². The van der Waals surface area contributed by atoms with E-state index < -0.39 is 5.97 Å². The van der Waals surface area contributed by atoms with E-state index in [9.17, 15) is 9.59 Å². The average Bonchev–Trinajstić information content (AvgIpc) is 3.02. The van der Waals surface area contributed by atoms with E-state index in [1.807, 2.05) is 6.92 Å². The number of amides is 1. The summed E-state index contributed by atoms with van der Waals surface area (Å²) in [7, 11) is 0. The van der Waals surface area contributed by atoms with Gasteiger partial charge in [-0.1, -0.05) is 0 Å². The van der Waals surface area contributed by atoms with Crippen LogP contribution in [0.1, 0.15) is 31.6 Å². The van der Waals surface area contributed by atoms with E-state index in [-0.39, 0.29) is 31.1 Å². The maximum atomic E-state index is 11.9. The molecule has 104 valence electrons. The molecule has 19 heavy (non-hydrogen) atoms. The number of aliphatic carboxylic acids is 1. The van der Waals surface area contributed by atoms with Gasteiger partial charge >= 0.3 is 5.97 Å². The molecule has 1 atom stereocenters. The van der Waals surface area contributed by atoms with Crippen molar-refractivity contribution in [1.29, 1.82) is 0 Å². The molecule has 6 heteroatoms. The molecule has 0 saturated heterocycles. The van der Waals surface area contributed by atoms with Gasteiger partial charge in [-0.25, -0.2) is 0 Å². The molecule has 0 bridgehead atoms. The summed E-state index contributed by atoms with van der Waals surface area (Å²) < 4.78 is 5.20. The molecule has 0 spiro atoms. The summed E-state index contributed by atoms with van der Waals surface area (Å²) in [5.74, 6) is -0.402. The molecule has 1 aromatic rings. The van der Waals surface area contributed by atoms with Crippen molar-refractivity contribution in [2.75, 3.05) is 13.1 Å². The van der Waals surface area contributed by atoms with E-state index in [1.165, 1.54) is 0 Å². The maximum absolute atomic E-state index is 11.9. The zero-order valence-corrected chi connectivity index (χ0v) is 10.8. The monoisotopic (exact) mass is 266 g/mol. The molecule has 1 aromatic heterocycles. The number of carboxylic acid groups (broad SMARTS) is 1. The standard InChI is InChI=1S/C13H18N2O4/c1-9(11-3-2-6-19-11)14-12(16)7-15(8-13(17)18)10-4-5-10/h2-3,6,9-10H,4-5,7-8H2,1H3,(H,14,16)(H,17,18). The van der Waals surface area contributed by atoms with Gasteiger partial charge in [0.25, 0.3) is 0 Å². The second-order valence-corrected chi connectivity index (χ2v) is 4.83. The van der Waals surface area contributed by atoms with Crippen LogP contribution >= 0.6 is 0 Å². The van der Waals surface area contributed by atoms with Crippen molar-refractivity contribution < 1.29 is 19.1 Å². The Labute approximate surface area is 111 Å². The number of carbonyl (C=O) groups is 2. The van der Waals surface area contributed by atoms with Crippen molar-refractivity contribution in [2.45, 2.75) is 31.8 Å². The summed E-state index contributed by atoms with van der Waals surface area (Å²) in [6, 6.07) is 3.58. The number of carbonyl (C=O) groups excluding carboxylic acids is 1. The van der Waals surface area contributed by atoms with Crippen LogP contribution < -0.4 is 5.32 Å². The number of furan rings is 1. The highest BCUT2D eigenvalue weighted by Crippen LogP contribution is 2.26. The average molecular weight is 266 g/mol. The van der Waals surface area contributed by atoms with Crippen LogP contribution in [0.2, 0.25) is 0 Å². The van der Waals surface area contributed by atoms with E-state index in [4.69, 9.17) is 9.52 Å². The molecule has 0 radical (unpaired) electrons. The van der Waals surface area contributed by atoms with Crippen LogP contribution in [0.25, 0.3) is 0 Å². The van der Waals surface area contributed by atoms with E-state index in [1.54, 1.807) is 23.3 Å². The minimum absolute atomic E-state index is 0.0901. The Morgan fingerprint density at radius 1 is 1.53 bits per heavy atom. The molecular formula is C13H18N2O4. The summed E-state index contributed by atoms with van der Waals surface area (Å²) in [6.45, 7) is 1.85. The highest BCUT2D eigenvalue weighted by Gasteiger charge is 2.31. The number of carboxylic acids is 1. The molecule has 0 aliphatic heterocycles. The van der Waals surface area contributed by atoms with Crippen molar-refractivity contribution >= 4 is 11.9 Å². The fourth-order valence-electron chi connectivity index (χ4n) is 2.01. The van der Waals surface area contributed by atoms with Crippen molar-refractivity contribution in [3.05, 3.63) is 24.2 Å². The van der Waals surface area contributed by atoms with E-state index in [2.05, 4.69) is 5.32 Å². The topological polar surface area (TPSA) is 82.8 Å². The van der Waals surface area contributed by atoms with Gasteiger partial charge in [0.05, 0.1) is 25.4 Å². The lowest BCUT2D eigenvalue weighted by Crippen LogP contribution is -2.41. The summed E-state index contributed by atoms with van der Waals surface area (Å²) >= 11 is 0. The molecule has 1 amide bonds. The third-order valence-corrected chi connectivity index (χ3v) is 3.10. The highest BCUT2D eigenvalue weighted by molar-refractivity contribution is 5.79. The first-order valence-electron chi connectivity index (χ1n) is 6.35. The first-order valence-corrected chi connectivity index (χ1v) is 6.35. The Hall–Kier alpha value is -1.82. The second kappa shape index (κ2) is 5.88. The molecule has 1 heterocycles. The van der Waals surface area contributed by atoms with Crippen LogP contribution in [0.4, 0.5) is 0 Å². The molecule has 1 fully saturated rings. The molecule has 2 rings (SSSR count). The molecule has 0 aromatic carbocycles. The molecule has 1 aliphatic rings. The quantitative estimate of drug-likeness (QED) is 0.769. The maximum Gasteiger partial charge on any atom is 0.317 e. The fourth-order valence-corrected chi connectivity index (χ4v) is 2.01. The zero-order valence-electron chi connectivity index (χ0n) is 10.8. The molecule has 1 unspecified atom stereocenters. The van der Waals surface area contributed by atoms with Crippen LogP contribution in [0.15, 0.2) is 22.8 Å². The summed E-state index contributed by atoms with van der Waals surface area (Å²) in [6.07, 6.45) is 3.49.